The predicted molar refractivity (Wildman–Crippen MR) is 130 cm³/mol. The van der Waals surface area contributed by atoms with Crippen molar-refractivity contribution in [3.05, 3.63) is 115 Å². The molecule has 0 saturated carbocycles. The van der Waals surface area contributed by atoms with Gasteiger partial charge in [-0.25, -0.2) is 4.68 Å². The van der Waals surface area contributed by atoms with Crippen molar-refractivity contribution in [3.63, 3.8) is 0 Å². The number of rotatable bonds is 5. The van der Waals surface area contributed by atoms with Crippen molar-refractivity contribution in [1.29, 1.82) is 0 Å². The van der Waals surface area contributed by atoms with Crippen LogP contribution in [0.15, 0.2) is 120 Å². The van der Waals surface area contributed by atoms with E-state index >= 15 is 0 Å². The second kappa shape index (κ2) is 8.63. The molecule has 0 amide bonds. The van der Waals surface area contributed by atoms with Gasteiger partial charge in [0.2, 0.25) is 5.71 Å². The summed E-state index contributed by atoms with van der Waals surface area (Å²) in [5.74, 6) is 0. The highest BCUT2D eigenvalue weighted by atomic mass is 15.5. The zero-order valence-electron chi connectivity index (χ0n) is 18.2. The summed E-state index contributed by atoms with van der Waals surface area (Å²) < 4.78 is 3.68. The summed E-state index contributed by atoms with van der Waals surface area (Å²) in [6, 6.07) is 32.2. The normalized spacial score (nSPS) is 12.9. The number of nitrogens with zero attached hydrogens (tertiary/aromatic N) is 7. The Bertz CT molecular complexity index is 1500. The van der Waals surface area contributed by atoms with E-state index in [0.717, 1.165) is 45.2 Å². The van der Waals surface area contributed by atoms with Crippen LogP contribution in [0.3, 0.4) is 0 Å². The minimum Gasteiger partial charge on any atom is -0.256 e. The quantitative estimate of drug-likeness (QED) is 0.337. The van der Waals surface area contributed by atoms with Crippen LogP contribution in [0.5, 0.6) is 0 Å². The largest absolute Gasteiger partial charge is 0.256 e. The summed E-state index contributed by atoms with van der Waals surface area (Å²) in [6.45, 7) is 0.606. The van der Waals surface area contributed by atoms with Crippen LogP contribution < -0.4 is 0 Å². The molecular weight excluding hydrogens is 422 g/mol. The van der Waals surface area contributed by atoms with E-state index in [9.17, 15) is 0 Å². The zero-order chi connectivity index (χ0) is 22.7. The molecule has 0 unspecified atom stereocenters. The van der Waals surface area contributed by atoms with E-state index in [1.165, 1.54) is 0 Å². The monoisotopic (exact) mass is 442 g/mol. The van der Waals surface area contributed by atoms with E-state index in [4.69, 9.17) is 0 Å². The number of hydrogen-bond donors (Lipinski definition) is 0. The molecule has 2 aromatic heterocycles. The van der Waals surface area contributed by atoms with Gasteiger partial charge in [-0.1, -0.05) is 53.7 Å². The highest BCUT2D eigenvalue weighted by Crippen LogP contribution is 2.25. The standard InChI is InChI=1S/C27H20N7/c1-2-8-23(9-3-1)33-18-26(29-31-33)20-12-14-21(15-13-20)27-19-34(32-30-27)24-10-6-7-22(17-24)25-11-4-5-16-28-25/h1-18H,19H2/q+1. The van der Waals surface area contributed by atoms with Crippen molar-refractivity contribution in [2.45, 2.75) is 0 Å². The number of benzene rings is 3. The molecule has 3 heterocycles. The molecule has 162 valence electrons. The Labute approximate surface area is 196 Å². The maximum absolute atomic E-state index is 4.44. The van der Waals surface area contributed by atoms with E-state index in [-0.39, 0.29) is 0 Å². The van der Waals surface area contributed by atoms with Gasteiger partial charge in [0.1, 0.15) is 10.9 Å². The molecule has 1 aliphatic heterocycles. The molecule has 0 aliphatic carbocycles. The third kappa shape index (κ3) is 3.91. The molecular formula is C27H20N7+. The SMILES string of the molecule is c1ccc(-n2cc(-c3ccc(C4=NN=[N+](c5cccc(-c6ccccn6)c5)C4)cc3)nn2)cc1. The maximum Gasteiger partial charge on any atom is 0.231 e. The van der Waals surface area contributed by atoms with Gasteiger partial charge >= 0.3 is 0 Å². The smallest absolute Gasteiger partial charge is 0.231 e. The second-order valence-electron chi connectivity index (χ2n) is 7.92. The summed E-state index contributed by atoms with van der Waals surface area (Å²) in [5, 5.41) is 17.4. The van der Waals surface area contributed by atoms with Gasteiger partial charge in [-0.15, -0.1) is 9.80 Å². The molecule has 0 radical (unpaired) electrons. The van der Waals surface area contributed by atoms with Crippen molar-refractivity contribution in [1.82, 2.24) is 20.0 Å². The van der Waals surface area contributed by atoms with Crippen LogP contribution in [-0.2, 0) is 0 Å². The highest BCUT2D eigenvalue weighted by Gasteiger charge is 2.24. The van der Waals surface area contributed by atoms with Gasteiger partial charge in [0.05, 0.1) is 22.7 Å². The minimum atomic E-state index is 0.606. The Morgan fingerprint density at radius 1 is 0.706 bits per heavy atom. The predicted octanol–water partition coefficient (Wildman–Crippen LogP) is 5.51. The van der Waals surface area contributed by atoms with Crippen LogP contribution in [0.2, 0.25) is 0 Å². The van der Waals surface area contributed by atoms with Gasteiger partial charge in [0.15, 0.2) is 12.2 Å². The lowest BCUT2D eigenvalue weighted by atomic mass is 10.1. The van der Waals surface area contributed by atoms with Crippen LogP contribution in [0, 0.1) is 0 Å². The van der Waals surface area contributed by atoms with Crippen LogP contribution in [0.1, 0.15) is 5.56 Å². The third-order valence-electron chi connectivity index (χ3n) is 5.71. The Morgan fingerprint density at radius 3 is 2.35 bits per heavy atom. The van der Waals surface area contributed by atoms with Gasteiger partial charge in [-0.05, 0) is 48.5 Å². The van der Waals surface area contributed by atoms with E-state index < -0.39 is 0 Å². The Morgan fingerprint density at radius 2 is 1.53 bits per heavy atom. The van der Waals surface area contributed by atoms with Crippen molar-refractivity contribution in [2.75, 3.05) is 6.54 Å². The second-order valence-corrected chi connectivity index (χ2v) is 7.92. The third-order valence-corrected chi connectivity index (χ3v) is 5.71. The fourth-order valence-electron chi connectivity index (χ4n) is 3.90. The molecule has 0 bridgehead atoms. The van der Waals surface area contributed by atoms with Crippen LogP contribution in [0.4, 0.5) is 5.69 Å². The first-order valence-electron chi connectivity index (χ1n) is 11.0. The average molecular weight is 443 g/mol. The molecule has 0 saturated heterocycles. The van der Waals surface area contributed by atoms with E-state index in [1.54, 1.807) is 10.9 Å². The molecule has 0 spiro atoms. The lowest BCUT2D eigenvalue weighted by Gasteiger charge is -2.03. The topological polar surface area (TPSA) is 71.3 Å². The summed E-state index contributed by atoms with van der Waals surface area (Å²) >= 11 is 0. The molecule has 6 rings (SSSR count). The fourth-order valence-corrected chi connectivity index (χ4v) is 3.90. The van der Waals surface area contributed by atoms with Gasteiger partial charge in [-0.2, -0.15) is 0 Å². The number of aromatic nitrogens is 4. The summed E-state index contributed by atoms with van der Waals surface area (Å²) in [6.07, 6.45) is 3.73. The molecule has 0 N–H and O–H groups in total. The van der Waals surface area contributed by atoms with Gasteiger partial charge in [0.25, 0.3) is 0 Å². The number of pyridine rings is 1. The molecule has 7 nitrogen and oxygen atoms in total. The highest BCUT2D eigenvalue weighted by molar-refractivity contribution is 6.02. The van der Waals surface area contributed by atoms with Crippen molar-refractivity contribution >= 4 is 11.4 Å². The summed E-state index contributed by atoms with van der Waals surface area (Å²) in [7, 11) is 0. The zero-order valence-corrected chi connectivity index (χ0v) is 18.2. The molecule has 1 aliphatic rings. The van der Waals surface area contributed by atoms with Crippen molar-refractivity contribution in [3.8, 4) is 28.2 Å². The molecule has 34 heavy (non-hydrogen) atoms. The maximum atomic E-state index is 4.44. The first-order chi connectivity index (χ1) is 16.8. The molecule has 7 heteroatoms. The number of para-hydroxylation sites is 1. The van der Waals surface area contributed by atoms with Crippen LogP contribution in [0.25, 0.3) is 28.2 Å². The van der Waals surface area contributed by atoms with E-state index in [2.05, 4.69) is 49.9 Å². The molecule has 0 atom stereocenters. The summed E-state index contributed by atoms with van der Waals surface area (Å²) in [4.78, 5) is 4.44. The van der Waals surface area contributed by atoms with Crippen LogP contribution >= 0.6 is 0 Å². The first-order valence-corrected chi connectivity index (χ1v) is 11.0. The Balaban J connectivity index is 1.17. The fraction of sp³-hybridized carbons (Fsp3) is 0.0370. The van der Waals surface area contributed by atoms with E-state index in [0.29, 0.717) is 6.54 Å². The summed E-state index contributed by atoms with van der Waals surface area (Å²) in [5.41, 5.74) is 7.72. The molecule has 3 aromatic carbocycles. The first kappa shape index (κ1) is 19.9. The number of hydrogen-bond acceptors (Lipinski definition) is 5. The average Bonchev–Trinajstić information content (AvgIpc) is 3.61. The Hall–Kier alpha value is -4.78. The van der Waals surface area contributed by atoms with Gasteiger partial charge in [-0.3, -0.25) is 4.98 Å². The Kier molecular flexibility index (Phi) is 5.04. The van der Waals surface area contributed by atoms with Crippen molar-refractivity contribution in [2.24, 2.45) is 10.3 Å². The van der Waals surface area contributed by atoms with Crippen molar-refractivity contribution < 1.29 is 4.70 Å². The molecule has 0 fully saturated rings. The van der Waals surface area contributed by atoms with Crippen LogP contribution in [-0.4, -0.2) is 36.9 Å². The minimum absolute atomic E-state index is 0.606. The molecule has 5 aromatic rings. The lowest BCUT2D eigenvalue weighted by Crippen LogP contribution is -2.11. The van der Waals surface area contributed by atoms with E-state index in [1.807, 2.05) is 83.7 Å². The lowest BCUT2D eigenvalue weighted by molar-refractivity contribution is -0.492. The van der Waals surface area contributed by atoms with Gasteiger partial charge in [0, 0.05) is 22.9 Å². The van der Waals surface area contributed by atoms with Gasteiger partial charge < -0.3 is 0 Å².